The zero-order valence-corrected chi connectivity index (χ0v) is 21.7. The Bertz CT molecular complexity index is 1300. The number of nitrogens with two attached hydrogens (primary N) is 2. The number of nitrogens with zero attached hydrogens (tertiary/aromatic N) is 4. The van der Waals surface area contributed by atoms with Crippen molar-refractivity contribution in [2.45, 2.75) is 19.4 Å². The Labute approximate surface area is 220 Å². The second-order valence-corrected chi connectivity index (χ2v) is 9.76. The van der Waals surface area contributed by atoms with Crippen LogP contribution in [0.1, 0.15) is 24.2 Å². The molecule has 11 nitrogen and oxygen atoms in total. The largest absolute Gasteiger partial charge is 0.496 e. The maximum Gasteiger partial charge on any atom is 0.316 e. The van der Waals surface area contributed by atoms with Crippen molar-refractivity contribution >= 4 is 29.1 Å². The molecule has 2 heterocycles. The minimum Gasteiger partial charge on any atom is -0.496 e. The van der Waals surface area contributed by atoms with Crippen LogP contribution >= 0.6 is 0 Å². The lowest BCUT2D eigenvalue weighted by atomic mass is 9.98. The Morgan fingerprint density at radius 2 is 1.76 bits per heavy atom. The fourth-order valence-corrected chi connectivity index (χ4v) is 4.76. The fraction of sp³-hybridized carbons (Fsp3) is 0.333. The Balaban J connectivity index is 1.51. The predicted octanol–water partition coefficient (Wildman–Crippen LogP) is 1.99. The van der Waals surface area contributed by atoms with Gasteiger partial charge in [-0.1, -0.05) is 0 Å². The smallest absolute Gasteiger partial charge is 0.316 e. The molecule has 3 aromatic rings. The molecule has 11 heteroatoms. The van der Waals surface area contributed by atoms with Gasteiger partial charge in [0.05, 0.1) is 24.4 Å². The normalized spacial score (nSPS) is 14.2. The number of ether oxygens (including phenoxy) is 1. The first kappa shape index (κ1) is 26.7. The molecule has 38 heavy (non-hydrogen) atoms. The van der Waals surface area contributed by atoms with E-state index in [0.29, 0.717) is 66.7 Å². The van der Waals surface area contributed by atoms with Gasteiger partial charge in [-0.15, -0.1) is 0 Å². The van der Waals surface area contributed by atoms with E-state index in [1.165, 1.54) is 18.4 Å². The summed E-state index contributed by atoms with van der Waals surface area (Å²) in [6.07, 6.45) is 2.88. The summed E-state index contributed by atoms with van der Waals surface area (Å²) in [5.41, 5.74) is 12.7. The van der Waals surface area contributed by atoms with Crippen molar-refractivity contribution in [3.05, 3.63) is 60.6 Å². The lowest BCUT2D eigenvalue weighted by Gasteiger charge is -2.43. The average molecular weight is 521 g/mol. The topological polar surface area (TPSA) is 148 Å². The molecule has 1 aliphatic rings. The fourth-order valence-electron chi connectivity index (χ4n) is 4.76. The molecule has 0 bridgehead atoms. The zero-order valence-electron chi connectivity index (χ0n) is 21.7. The Hall–Kier alpha value is -4.38. The molecule has 0 radical (unpaired) electrons. The van der Waals surface area contributed by atoms with E-state index in [9.17, 15) is 14.4 Å². The number of oxazole rings is 1. The molecular weight excluding hydrogens is 488 g/mol. The summed E-state index contributed by atoms with van der Waals surface area (Å²) in [4.78, 5) is 47.3. The lowest BCUT2D eigenvalue weighted by molar-refractivity contribution is -0.136. The van der Waals surface area contributed by atoms with Crippen LogP contribution in [-0.2, 0) is 9.59 Å². The minimum atomic E-state index is -1.06. The third kappa shape index (κ3) is 5.62. The van der Waals surface area contributed by atoms with Gasteiger partial charge in [-0.2, -0.15) is 0 Å². The molecule has 0 unspecified atom stereocenters. The number of rotatable bonds is 7. The van der Waals surface area contributed by atoms with Gasteiger partial charge in [0.2, 0.25) is 0 Å². The Morgan fingerprint density at radius 1 is 1.08 bits per heavy atom. The van der Waals surface area contributed by atoms with E-state index in [2.05, 4.69) is 9.88 Å². The maximum absolute atomic E-state index is 13.1. The van der Waals surface area contributed by atoms with E-state index in [1.54, 1.807) is 53.6 Å². The molecule has 200 valence electrons. The van der Waals surface area contributed by atoms with Gasteiger partial charge in [0.15, 0.2) is 12.2 Å². The number of nitrogen functional groups attached to an aromatic ring is 1. The van der Waals surface area contributed by atoms with Crippen molar-refractivity contribution in [3.63, 3.8) is 0 Å². The van der Waals surface area contributed by atoms with E-state index >= 15 is 0 Å². The van der Waals surface area contributed by atoms with E-state index in [4.69, 9.17) is 20.6 Å². The van der Waals surface area contributed by atoms with E-state index in [-0.39, 0.29) is 5.91 Å². The summed E-state index contributed by atoms with van der Waals surface area (Å²) >= 11 is 0. The second-order valence-electron chi connectivity index (χ2n) is 9.76. The van der Waals surface area contributed by atoms with E-state index in [0.717, 1.165) is 0 Å². The molecule has 1 aliphatic heterocycles. The van der Waals surface area contributed by atoms with Gasteiger partial charge < -0.3 is 25.5 Å². The van der Waals surface area contributed by atoms with Crippen LogP contribution in [0.3, 0.4) is 0 Å². The minimum absolute atomic E-state index is 0.0478. The third-order valence-corrected chi connectivity index (χ3v) is 6.59. The Kier molecular flexibility index (Phi) is 7.67. The lowest BCUT2D eigenvalue weighted by Crippen LogP contribution is -2.60. The molecule has 2 aromatic carbocycles. The number of methoxy groups -OCH3 is 1. The number of aromatic nitrogens is 1. The monoisotopic (exact) mass is 520 g/mol. The van der Waals surface area contributed by atoms with Crippen molar-refractivity contribution in [1.82, 2.24) is 14.8 Å². The van der Waals surface area contributed by atoms with Gasteiger partial charge in [0.1, 0.15) is 5.75 Å². The van der Waals surface area contributed by atoms with Crippen LogP contribution in [0.15, 0.2) is 59.5 Å². The third-order valence-electron chi connectivity index (χ3n) is 6.59. The van der Waals surface area contributed by atoms with Crippen molar-refractivity contribution in [2.24, 2.45) is 5.73 Å². The Morgan fingerprint density at radius 3 is 2.34 bits per heavy atom. The molecule has 0 aliphatic carbocycles. The van der Waals surface area contributed by atoms with E-state index < -0.39 is 17.4 Å². The van der Waals surface area contributed by atoms with Gasteiger partial charge in [-0.25, -0.2) is 4.98 Å². The number of carbonyl (C=O) groups excluding carboxylic acids is 3. The molecule has 3 amide bonds. The summed E-state index contributed by atoms with van der Waals surface area (Å²) in [5.74, 6) is -0.982. The summed E-state index contributed by atoms with van der Waals surface area (Å²) in [5, 5.41) is 0. The first-order chi connectivity index (χ1) is 18.1. The number of amides is 3. The highest BCUT2D eigenvalue weighted by atomic mass is 16.5. The molecular formula is C27H32N6O5. The van der Waals surface area contributed by atoms with Crippen LogP contribution in [0, 0.1) is 0 Å². The van der Waals surface area contributed by atoms with Gasteiger partial charge in [-0.05, 0) is 50.2 Å². The zero-order chi connectivity index (χ0) is 27.4. The van der Waals surface area contributed by atoms with Crippen LogP contribution in [0.5, 0.6) is 5.75 Å². The van der Waals surface area contributed by atoms with Crippen LogP contribution in [0.4, 0.5) is 11.4 Å². The number of primary amides is 1. The average Bonchev–Trinajstić information content (AvgIpc) is 3.43. The van der Waals surface area contributed by atoms with Crippen LogP contribution in [0.25, 0.3) is 11.3 Å². The van der Waals surface area contributed by atoms with Gasteiger partial charge in [0.25, 0.3) is 5.91 Å². The molecule has 4 N–H and O–H groups in total. The predicted molar refractivity (Wildman–Crippen MR) is 142 cm³/mol. The van der Waals surface area contributed by atoms with Crippen molar-refractivity contribution in [3.8, 4) is 17.1 Å². The van der Waals surface area contributed by atoms with Crippen LogP contribution in [-0.4, -0.2) is 77.9 Å². The van der Waals surface area contributed by atoms with E-state index in [1.807, 2.05) is 13.8 Å². The molecule has 4 rings (SSSR count). The van der Waals surface area contributed by atoms with Crippen LogP contribution in [0.2, 0.25) is 0 Å². The number of piperazine rings is 1. The number of hydrogen-bond acceptors (Lipinski definition) is 8. The highest BCUT2D eigenvalue weighted by Gasteiger charge is 2.37. The number of carbonyl (C=O) groups is 3. The first-order valence-corrected chi connectivity index (χ1v) is 12.2. The summed E-state index contributed by atoms with van der Waals surface area (Å²) in [6.45, 7) is 6.47. The van der Waals surface area contributed by atoms with Crippen molar-refractivity contribution in [2.75, 3.05) is 50.5 Å². The molecule has 1 saturated heterocycles. The summed E-state index contributed by atoms with van der Waals surface area (Å²) in [6, 6.07) is 12.0. The molecule has 0 spiro atoms. The first-order valence-electron chi connectivity index (χ1n) is 12.2. The summed E-state index contributed by atoms with van der Waals surface area (Å²) < 4.78 is 10.9. The highest BCUT2D eigenvalue weighted by molar-refractivity contribution is 6.40. The maximum atomic E-state index is 13.1. The molecule has 0 saturated carbocycles. The van der Waals surface area contributed by atoms with Gasteiger partial charge >= 0.3 is 11.8 Å². The number of anilines is 2. The SMILES string of the molecule is COc1cc(N(C(=O)C(N)=O)C(C)(C)CN2CCN(C(=O)c3ccc(N)cc3)CC2)ccc1-c1cnco1. The standard InChI is InChI=1S/C27H32N6O5/c1-27(2,16-31-10-12-32(13-11-31)25(35)18-4-6-19(28)7-5-18)33(26(36)24(29)34)20-8-9-21(22(14-20)37-3)23-15-30-17-38-23/h4-9,14-15,17H,10-13,16,28H2,1-3H3,(H2,29,34). The van der Waals surface area contributed by atoms with Crippen LogP contribution < -0.4 is 21.1 Å². The van der Waals surface area contributed by atoms with Crippen molar-refractivity contribution < 1.29 is 23.5 Å². The molecule has 1 aromatic heterocycles. The molecule has 1 fully saturated rings. The van der Waals surface area contributed by atoms with Crippen molar-refractivity contribution in [1.29, 1.82) is 0 Å². The number of benzene rings is 2. The van der Waals surface area contributed by atoms with Gasteiger partial charge in [0, 0.05) is 55.7 Å². The van der Waals surface area contributed by atoms with Gasteiger partial charge in [-0.3, -0.25) is 24.2 Å². The quantitative estimate of drug-likeness (QED) is 0.355. The summed E-state index contributed by atoms with van der Waals surface area (Å²) in [7, 11) is 1.51. The number of hydrogen-bond donors (Lipinski definition) is 2. The second kappa shape index (κ2) is 10.9. The highest BCUT2D eigenvalue weighted by Crippen LogP contribution is 2.36. The molecule has 0 atom stereocenters.